The molecule has 0 spiro atoms. The maximum atomic E-state index is 13.0. The largest absolute Gasteiger partial charge is 0.335 e. The minimum atomic E-state index is 0.114. The number of nitrogens with zero attached hydrogens (tertiary/aromatic N) is 2. The van der Waals surface area contributed by atoms with Crippen molar-refractivity contribution in [1.82, 2.24) is 15.1 Å². The first-order valence-electron chi connectivity index (χ1n) is 7.66. The Bertz CT molecular complexity index is 490. The van der Waals surface area contributed by atoms with Crippen molar-refractivity contribution in [2.75, 3.05) is 6.54 Å². The minimum Gasteiger partial charge on any atom is -0.335 e. The zero-order chi connectivity index (χ0) is 14.5. The molecule has 2 aliphatic rings. The van der Waals surface area contributed by atoms with Crippen molar-refractivity contribution in [1.29, 1.82) is 0 Å². The number of carbonyl (C=O) groups excluding carboxylic acids is 1. The quantitative estimate of drug-likeness (QED) is 0.901. The molecule has 1 unspecified atom stereocenters. The third kappa shape index (κ3) is 1.80. The van der Waals surface area contributed by atoms with E-state index >= 15 is 0 Å². The van der Waals surface area contributed by atoms with Gasteiger partial charge in [0.25, 0.3) is 0 Å². The van der Waals surface area contributed by atoms with Crippen LogP contribution in [0.25, 0.3) is 0 Å². The highest BCUT2D eigenvalue weighted by Crippen LogP contribution is 2.69. The van der Waals surface area contributed by atoms with Gasteiger partial charge in [-0.15, -0.1) is 0 Å². The van der Waals surface area contributed by atoms with Gasteiger partial charge in [-0.1, -0.05) is 27.7 Å². The van der Waals surface area contributed by atoms with Gasteiger partial charge < -0.3 is 4.90 Å². The van der Waals surface area contributed by atoms with Gasteiger partial charge in [-0.2, -0.15) is 5.10 Å². The number of H-pyrrole nitrogens is 1. The molecule has 2 heterocycles. The first-order valence-corrected chi connectivity index (χ1v) is 7.66. The van der Waals surface area contributed by atoms with E-state index in [1.807, 2.05) is 12.4 Å². The fourth-order valence-corrected chi connectivity index (χ4v) is 3.96. The SMILES string of the molecule is CC1(C)C(C(=O)N2CCCCC2c2cn[nH]c2)C1(C)C. The summed E-state index contributed by atoms with van der Waals surface area (Å²) >= 11 is 0. The molecule has 4 heteroatoms. The van der Waals surface area contributed by atoms with Gasteiger partial charge in [0.2, 0.25) is 5.91 Å². The molecule has 4 nitrogen and oxygen atoms in total. The summed E-state index contributed by atoms with van der Waals surface area (Å²) in [6.07, 6.45) is 7.16. The van der Waals surface area contributed by atoms with E-state index in [9.17, 15) is 4.79 Å². The lowest BCUT2D eigenvalue weighted by atomic mass is 9.96. The second-order valence-electron chi connectivity index (χ2n) is 7.45. The summed E-state index contributed by atoms with van der Waals surface area (Å²) in [6.45, 7) is 9.74. The third-order valence-corrected chi connectivity index (χ3v) is 5.96. The van der Waals surface area contributed by atoms with Crippen molar-refractivity contribution in [2.45, 2.75) is 53.0 Å². The van der Waals surface area contributed by atoms with Crippen LogP contribution in [-0.4, -0.2) is 27.5 Å². The molecule has 0 radical (unpaired) electrons. The number of likely N-dealkylation sites (tertiary alicyclic amines) is 1. The number of aromatic amines is 1. The molecular weight excluding hydrogens is 250 g/mol. The molecule has 1 aliphatic carbocycles. The van der Waals surface area contributed by atoms with Gasteiger partial charge in [-0.25, -0.2) is 0 Å². The number of nitrogens with one attached hydrogen (secondary N) is 1. The lowest BCUT2D eigenvalue weighted by molar-refractivity contribution is -0.137. The Balaban J connectivity index is 1.83. The van der Waals surface area contributed by atoms with Crippen molar-refractivity contribution >= 4 is 5.91 Å². The lowest BCUT2D eigenvalue weighted by Crippen LogP contribution is -2.40. The van der Waals surface area contributed by atoms with Gasteiger partial charge in [0, 0.05) is 24.2 Å². The molecule has 1 atom stereocenters. The van der Waals surface area contributed by atoms with E-state index in [1.165, 1.54) is 6.42 Å². The molecule has 1 aliphatic heterocycles. The van der Waals surface area contributed by atoms with Crippen LogP contribution in [0, 0.1) is 16.7 Å². The summed E-state index contributed by atoms with van der Waals surface area (Å²) in [7, 11) is 0. The summed E-state index contributed by atoms with van der Waals surface area (Å²) in [5, 5.41) is 6.92. The third-order valence-electron chi connectivity index (χ3n) is 5.96. The van der Waals surface area contributed by atoms with Gasteiger partial charge in [0.05, 0.1) is 12.2 Å². The van der Waals surface area contributed by atoms with Crippen LogP contribution in [0.1, 0.15) is 58.6 Å². The predicted octanol–water partition coefficient (Wildman–Crippen LogP) is 3.15. The van der Waals surface area contributed by atoms with E-state index in [0.717, 1.165) is 24.9 Å². The summed E-state index contributed by atoms with van der Waals surface area (Å²) in [5.74, 6) is 0.494. The predicted molar refractivity (Wildman–Crippen MR) is 77.9 cm³/mol. The summed E-state index contributed by atoms with van der Waals surface area (Å²) in [4.78, 5) is 15.1. The van der Waals surface area contributed by atoms with Crippen LogP contribution >= 0.6 is 0 Å². The number of hydrogen-bond acceptors (Lipinski definition) is 2. The Morgan fingerprint density at radius 2 is 2.00 bits per heavy atom. The topological polar surface area (TPSA) is 49.0 Å². The molecule has 1 amide bonds. The second kappa shape index (κ2) is 4.34. The number of aromatic nitrogens is 2. The Labute approximate surface area is 120 Å². The Kier molecular flexibility index (Phi) is 2.96. The van der Waals surface area contributed by atoms with E-state index in [-0.39, 0.29) is 22.8 Å². The number of carbonyl (C=O) groups is 1. The van der Waals surface area contributed by atoms with Crippen LogP contribution in [0.5, 0.6) is 0 Å². The highest BCUT2D eigenvalue weighted by atomic mass is 16.2. The number of hydrogen-bond donors (Lipinski definition) is 1. The van der Waals surface area contributed by atoms with E-state index in [1.54, 1.807) is 0 Å². The van der Waals surface area contributed by atoms with Gasteiger partial charge >= 0.3 is 0 Å². The Morgan fingerprint density at radius 3 is 2.55 bits per heavy atom. The fourth-order valence-electron chi connectivity index (χ4n) is 3.96. The van der Waals surface area contributed by atoms with E-state index < -0.39 is 0 Å². The summed E-state index contributed by atoms with van der Waals surface area (Å²) < 4.78 is 0. The molecule has 0 bridgehead atoms. The van der Waals surface area contributed by atoms with E-state index in [0.29, 0.717) is 5.91 Å². The van der Waals surface area contributed by atoms with Crippen molar-refractivity contribution in [3.63, 3.8) is 0 Å². The Hall–Kier alpha value is -1.32. The van der Waals surface area contributed by atoms with Crippen LogP contribution in [0.2, 0.25) is 0 Å². The van der Waals surface area contributed by atoms with Gasteiger partial charge in [0.1, 0.15) is 0 Å². The van der Waals surface area contributed by atoms with Crippen molar-refractivity contribution < 1.29 is 4.79 Å². The fraction of sp³-hybridized carbons (Fsp3) is 0.750. The van der Waals surface area contributed by atoms with Crippen LogP contribution in [0.3, 0.4) is 0 Å². The average molecular weight is 275 g/mol. The zero-order valence-electron chi connectivity index (χ0n) is 12.9. The number of piperidine rings is 1. The van der Waals surface area contributed by atoms with Gasteiger partial charge in [-0.05, 0) is 30.1 Å². The standard InChI is InChI=1S/C16H25N3O/c1-15(2)13(16(15,3)4)14(20)19-8-6-5-7-12(19)11-9-17-18-10-11/h9-10,12-13H,5-8H2,1-4H3,(H,17,18). The molecular formula is C16H25N3O. The normalized spacial score (nSPS) is 28.4. The van der Waals surface area contributed by atoms with Gasteiger partial charge in [-0.3, -0.25) is 9.89 Å². The molecule has 1 aromatic heterocycles. The van der Waals surface area contributed by atoms with Crippen LogP contribution in [-0.2, 0) is 4.79 Å². The number of amides is 1. The highest BCUT2D eigenvalue weighted by molar-refractivity contribution is 5.84. The molecule has 110 valence electrons. The zero-order valence-corrected chi connectivity index (χ0v) is 12.9. The molecule has 2 fully saturated rings. The van der Waals surface area contributed by atoms with Crippen molar-refractivity contribution in [2.24, 2.45) is 16.7 Å². The molecule has 1 aromatic rings. The maximum absolute atomic E-state index is 13.0. The van der Waals surface area contributed by atoms with Crippen LogP contribution in [0.4, 0.5) is 0 Å². The van der Waals surface area contributed by atoms with E-state index in [2.05, 4.69) is 42.8 Å². The first kappa shape index (κ1) is 13.7. The number of rotatable bonds is 2. The average Bonchev–Trinajstić information content (AvgIpc) is 2.81. The minimum absolute atomic E-state index is 0.114. The molecule has 1 saturated carbocycles. The maximum Gasteiger partial charge on any atom is 0.227 e. The van der Waals surface area contributed by atoms with Crippen LogP contribution < -0.4 is 0 Å². The molecule has 0 aromatic carbocycles. The lowest BCUT2D eigenvalue weighted by Gasteiger charge is -2.36. The monoisotopic (exact) mass is 275 g/mol. The highest BCUT2D eigenvalue weighted by Gasteiger charge is 2.69. The van der Waals surface area contributed by atoms with Gasteiger partial charge in [0.15, 0.2) is 0 Å². The Morgan fingerprint density at radius 1 is 1.30 bits per heavy atom. The van der Waals surface area contributed by atoms with Crippen molar-refractivity contribution in [3.8, 4) is 0 Å². The molecule has 3 rings (SSSR count). The van der Waals surface area contributed by atoms with Crippen molar-refractivity contribution in [3.05, 3.63) is 18.0 Å². The molecule has 1 saturated heterocycles. The summed E-state index contributed by atoms with van der Waals surface area (Å²) in [5.41, 5.74) is 1.37. The molecule has 1 N–H and O–H groups in total. The second-order valence-corrected chi connectivity index (χ2v) is 7.45. The van der Waals surface area contributed by atoms with Crippen LogP contribution in [0.15, 0.2) is 12.4 Å². The van der Waals surface area contributed by atoms with E-state index in [4.69, 9.17) is 0 Å². The summed E-state index contributed by atoms with van der Waals surface area (Å²) in [6, 6.07) is 0.210. The molecule has 20 heavy (non-hydrogen) atoms. The smallest absolute Gasteiger partial charge is 0.227 e. The first-order chi connectivity index (χ1) is 9.37.